The van der Waals surface area contributed by atoms with Crippen LogP contribution in [0.1, 0.15) is 10.6 Å². The minimum absolute atomic E-state index is 0.229. The maximum Gasteiger partial charge on any atom is 0.123 e. The van der Waals surface area contributed by atoms with Crippen LogP contribution in [0.25, 0.3) is 11.3 Å². The highest BCUT2D eigenvalue weighted by atomic mass is 32.1. The zero-order valence-corrected chi connectivity index (χ0v) is 12.4. The zero-order chi connectivity index (χ0) is 14.7. The molecule has 0 aliphatic heterocycles. The lowest BCUT2D eigenvalue weighted by atomic mass is 10.1. The first kappa shape index (κ1) is 13.8. The third kappa shape index (κ3) is 3.28. The second-order valence-electron chi connectivity index (χ2n) is 4.66. The maximum atomic E-state index is 12.9. The number of aromatic nitrogens is 1. The molecular formula is C17H14FNOS. The summed E-state index contributed by atoms with van der Waals surface area (Å²) in [6.07, 6.45) is 0.788. The molecule has 0 aliphatic rings. The van der Waals surface area contributed by atoms with Gasteiger partial charge in [-0.05, 0) is 42.0 Å². The number of ether oxygens (including phenoxy) is 1. The fraction of sp³-hybridized carbons (Fsp3) is 0.118. The van der Waals surface area contributed by atoms with E-state index in [1.165, 1.54) is 17.7 Å². The summed E-state index contributed by atoms with van der Waals surface area (Å²) in [6, 6.07) is 14.4. The average molecular weight is 299 g/mol. The second-order valence-corrected chi connectivity index (χ2v) is 5.60. The van der Waals surface area contributed by atoms with Gasteiger partial charge in [-0.25, -0.2) is 9.37 Å². The summed E-state index contributed by atoms with van der Waals surface area (Å²) in [4.78, 5) is 4.61. The molecule has 0 saturated carbocycles. The van der Waals surface area contributed by atoms with Gasteiger partial charge in [0.05, 0.1) is 17.8 Å². The maximum absolute atomic E-state index is 12.9. The molecule has 3 aromatic rings. The van der Waals surface area contributed by atoms with E-state index in [0.29, 0.717) is 0 Å². The van der Waals surface area contributed by atoms with Crippen molar-refractivity contribution in [2.24, 2.45) is 0 Å². The smallest absolute Gasteiger partial charge is 0.123 e. The van der Waals surface area contributed by atoms with Gasteiger partial charge < -0.3 is 4.74 Å². The van der Waals surface area contributed by atoms with E-state index in [1.54, 1.807) is 30.6 Å². The molecule has 0 radical (unpaired) electrons. The van der Waals surface area contributed by atoms with E-state index in [2.05, 4.69) is 4.98 Å². The van der Waals surface area contributed by atoms with Crippen molar-refractivity contribution >= 4 is 11.3 Å². The monoisotopic (exact) mass is 299 g/mol. The van der Waals surface area contributed by atoms with Crippen LogP contribution >= 0.6 is 11.3 Å². The molecule has 0 unspecified atom stereocenters. The van der Waals surface area contributed by atoms with E-state index in [1.807, 2.05) is 29.6 Å². The van der Waals surface area contributed by atoms with Gasteiger partial charge in [-0.1, -0.05) is 12.1 Å². The van der Waals surface area contributed by atoms with Crippen LogP contribution in [0.5, 0.6) is 5.75 Å². The van der Waals surface area contributed by atoms with Crippen LogP contribution in [-0.2, 0) is 6.42 Å². The summed E-state index contributed by atoms with van der Waals surface area (Å²) in [6.45, 7) is 0. The molecule has 2 nitrogen and oxygen atoms in total. The molecule has 0 spiro atoms. The topological polar surface area (TPSA) is 22.1 Å². The van der Waals surface area contributed by atoms with Gasteiger partial charge in [-0.3, -0.25) is 0 Å². The summed E-state index contributed by atoms with van der Waals surface area (Å²) in [5.74, 6) is 0.623. The van der Waals surface area contributed by atoms with Crippen molar-refractivity contribution in [3.8, 4) is 17.0 Å². The van der Waals surface area contributed by atoms with Crippen LogP contribution in [0.15, 0.2) is 53.9 Å². The van der Waals surface area contributed by atoms with E-state index in [4.69, 9.17) is 4.74 Å². The molecule has 4 heteroatoms. The lowest BCUT2D eigenvalue weighted by molar-refractivity contribution is 0.414. The van der Waals surface area contributed by atoms with Crippen LogP contribution in [-0.4, -0.2) is 12.1 Å². The Morgan fingerprint density at radius 2 is 1.76 bits per heavy atom. The largest absolute Gasteiger partial charge is 0.497 e. The van der Waals surface area contributed by atoms with Crippen molar-refractivity contribution in [2.75, 3.05) is 7.11 Å². The van der Waals surface area contributed by atoms with Crippen LogP contribution in [0.4, 0.5) is 4.39 Å². The molecule has 0 atom stereocenters. The molecule has 1 aromatic heterocycles. The Bertz CT molecular complexity index is 719. The van der Waals surface area contributed by atoms with Gasteiger partial charge in [0.2, 0.25) is 0 Å². The molecule has 0 N–H and O–H groups in total. The Balaban J connectivity index is 1.76. The summed E-state index contributed by atoms with van der Waals surface area (Å²) in [5, 5.41) is 3.05. The number of methoxy groups -OCH3 is 1. The molecule has 0 amide bonds. The second kappa shape index (κ2) is 6.06. The van der Waals surface area contributed by atoms with Crippen molar-refractivity contribution < 1.29 is 9.13 Å². The van der Waals surface area contributed by atoms with Gasteiger partial charge in [0, 0.05) is 17.4 Å². The third-order valence-electron chi connectivity index (χ3n) is 3.21. The predicted molar refractivity (Wildman–Crippen MR) is 83.3 cm³/mol. The molecule has 0 fully saturated rings. The summed E-state index contributed by atoms with van der Waals surface area (Å²) in [5.41, 5.74) is 3.02. The molecule has 0 bridgehead atoms. The first-order valence-corrected chi connectivity index (χ1v) is 7.46. The Hall–Kier alpha value is -2.20. The highest BCUT2D eigenvalue weighted by Gasteiger charge is 2.06. The molecule has 1 heterocycles. The number of hydrogen-bond donors (Lipinski definition) is 0. The minimum Gasteiger partial charge on any atom is -0.497 e. The van der Waals surface area contributed by atoms with E-state index in [9.17, 15) is 4.39 Å². The standard InChI is InChI=1S/C17H14FNOS/c1-20-15-8-2-12(3-9-15)10-17-19-16(11-21-17)13-4-6-14(18)7-5-13/h2-9,11H,10H2,1H3. The van der Waals surface area contributed by atoms with Gasteiger partial charge in [-0.15, -0.1) is 11.3 Å². The first-order valence-electron chi connectivity index (χ1n) is 6.58. The van der Waals surface area contributed by atoms with Gasteiger partial charge in [-0.2, -0.15) is 0 Å². The van der Waals surface area contributed by atoms with Gasteiger partial charge in [0.25, 0.3) is 0 Å². The van der Waals surface area contributed by atoms with Crippen LogP contribution in [0.3, 0.4) is 0 Å². The SMILES string of the molecule is COc1ccc(Cc2nc(-c3ccc(F)cc3)cs2)cc1. The van der Waals surface area contributed by atoms with Crippen molar-refractivity contribution in [3.05, 3.63) is 70.3 Å². The lowest BCUT2D eigenvalue weighted by Crippen LogP contribution is -1.89. The first-order chi connectivity index (χ1) is 10.2. The molecule has 3 rings (SSSR count). The molecule has 2 aromatic carbocycles. The Morgan fingerprint density at radius 3 is 2.43 bits per heavy atom. The van der Waals surface area contributed by atoms with Gasteiger partial charge >= 0.3 is 0 Å². The number of hydrogen-bond acceptors (Lipinski definition) is 3. The third-order valence-corrected chi connectivity index (χ3v) is 4.05. The number of benzene rings is 2. The number of rotatable bonds is 4. The van der Waals surface area contributed by atoms with Crippen molar-refractivity contribution in [3.63, 3.8) is 0 Å². The van der Waals surface area contributed by atoms with E-state index in [-0.39, 0.29) is 5.82 Å². The summed E-state index contributed by atoms with van der Waals surface area (Å²) in [7, 11) is 1.66. The number of nitrogens with zero attached hydrogens (tertiary/aromatic N) is 1. The number of thiazole rings is 1. The molecule has 106 valence electrons. The molecule has 0 aliphatic carbocycles. The van der Waals surface area contributed by atoms with E-state index < -0.39 is 0 Å². The molecule has 0 saturated heterocycles. The highest BCUT2D eigenvalue weighted by Crippen LogP contribution is 2.24. The lowest BCUT2D eigenvalue weighted by Gasteiger charge is -2.01. The normalized spacial score (nSPS) is 10.6. The van der Waals surface area contributed by atoms with Crippen LogP contribution < -0.4 is 4.74 Å². The summed E-state index contributed by atoms with van der Waals surface area (Å²) >= 11 is 1.62. The quantitative estimate of drug-likeness (QED) is 0.705. The van der Waals surface area contributed by atoms with E-state index >= 15 is 0 Å². The van der Waals surface area contributed by atoms with E-state index in [0.717, 1.165) is 28.4 Å². The summed E-state index contributed by atoms with van der Waals surface area (Å²) < 4.78 is 18.1. The average Bonchev–Trinajstić information content (AvgIpc) is 2.97. The van der Waals surface area contributed by atoms with Crippen molar-refractivity contribution in [1.29, 1.82) is 0 Å². The fourth-order valence-corrected chi connectivity index (χ4v) is 2.90. The fourth-order valence-electron chi connectivity index (χ4n) is 2.06. The molecular weight excluding hydrogens is 285 g/mol. The van der Waals surface area contributed by atoms with Gasteiger partial charge in [0.15, 0.2) is 0 Å². The van der Waals surface area contributed by atoms with Crippen molar-refractivity contribution in [1.82, 2.24) is 4.98 Å². The minimum atomic E-state index is -0.229. The highest BCUT2D eigenvalue weighted by molar-refractivity contribution is 7.10. The Morgan fingerprint density at radius 1 is 1.05 bits per heavy atom. The van der Waals surface area contributed by atoms with Crippen LogP contribution in [0, 0.1) is 5.82 Å². The predicted octanol–water partition coefficient (Wildman–Crippen LogP) is 4.55. The molecule has 21 heavy (non-hydrogen) atoms. The Labute approximate surface area is 126 Å². The Kier molecular flexibility index (Phi) is 3.97. The number of halogens is 1. The van der Waals surface area contributed by atoms with Crippen LogP contribution in [0.2, 0.25) is 0 Å². The zero-order valence-electron chi connectivity index (χ0n) is 11.5. The van der Waals surface area contributed by atoms with Gasteiger partial charge in [0.1, 0.15) is 11.6 Å². The van der Waals surface area contributed by atoms with Crippen molar-refractivity contribution in [2.45, 2.75) is 6.42 Å².